The molecular formula is C23H26N2O5. The number of piperazine rings is 1. The van der Waals surface area contributed by atoms with Crippen molar-refractivity contribution < 1.29 is 23.9 Å². The third-order valence-electron chi connectivity index (χ3n) is 4.97. The number of carbonyl (C=O) groups is 3. The number of carbonyl (C=O) groups excluding carboxylic acids is 3. The third-order valence-corrected chi connectivity index (χ3v) is 4.97. The molecule has 7 nitrogen and oxygen atoms in total. The lowest BCUT2D eigenvalue weighted by Gasteiger charge is -2.34. The van der Waals surface area contributed by atoms with Crippen molar-refractivity contribution in [2.45, 2.75) is 20.3 Å². The Morgan fingerprint density at radius 3 is 2.33 bits per heavy atom. The molecule has 1 fully saturated rings. The molecule has 0 radical (unpaired) electrons. The van der Waals surface area contributed by atoms with Gasteiger partial charge in [0.15, 0.2) is 6.61 Å². The molecule has 1 aliphatic rings. The van der Waals surface area contributed by atoms with Crippen LogP contribution in [0.3, 0.4) is 0 Å². The minimum absolute atomic E-state index is 0.0185. The second kappa shape index (κ2) is 9.91. The van der Waals surface area contributed by atoms with Crippen LogP contribution in [0.15, 0.2) is 48.5 Å². The van der Waals surface area contributed by atoms with Gasteiger partial charge in [-0.25, -0.2) is 0 Å². The van der Waals surface area contributed by atoms with Crippen LogP contribution in [-0.4, -0.2) is 60.4 Å². The molecule has 0 N–H and O–H groups in total. The van der Waals surface area contributed by atoms with Crippen molar-refractivity contribution in [2.24, 2.45) is 0 Å². The van der Waals surface area contributed by atoms with E-state index in [2.05, 4.69) is 0 Å². The molecule has 7 heteroatoms. The van der Waals surface area contributed by atoms with E-state index < -0.39 is 5.97 Å². The summed E-state index contributed by atoms with van der Waals surface area (Å²) in [6.45, 7) is 5.12. The van der Waals surface area contributed by atoms with E-state index in [0.29, 0.717) is 37.5 Å². The van der Waals surface area contributed by atoms with E-state index in [-0.39, 0.29) is 18.4 Å². The summed E-state index contributed by atoms with van der Waals surface area (Å²) in [4.78, 5) is 39.8. The van der Waals surface area contributed by atoms with Gasteiger partial charge in [-0.1, -0.05) is 31.2 Å². The van der Waals surface area contributed by atoms with Crippen molar-refractivity contribution in [3.8, 4) is 11.5 Å². The van der Waals surface area contributed by atoms with Gasteiger partial charge in [-0.05, 0) is 36.2 Å². The van der Waals surface area contributed by atoms with Crippen molar-refractivity contribution in [3.05, 3.63) is 59.7 Å². The zero-order valence-corrected chi connectivity index (χ0v) is 17.3. The molecule has 2 aromatic rings. The molecule has 0 saturated carbocycles. The molecule has 0 bridgehead atoms. The maximum Gasteiger partial charge on any atom is 0.308 e. The van der Waals surface area contributed by atoms with Crippen LogP contribution in [0, 0.1) is 0 Å². The Bertz CT molecular complexity index is 919. The molecule has 2 amide bonds. The standard InChI is InChI=1S/C23H26N2O5/c1-3-18-7-4-5-10-21(18)29-16-22(27)24-11-13-25(14-12-24)23(28)19-8-6-9-20(15-19)30-17(2)26/h4-10,15H,3,11-14,16H2,1-2H3. The topological polar surface area (TPSA) is 76.2 Å². The summed E-state index contributed by atoms with van der Waals surface area (Å²) >= 11 is 0. The molecule has 30 heavy (non-hydrogen) atoms. The summed E-state index contributed by atoms with van der Waals surface area (Å²) in [5.41, 5.74) is 1.52. The van der Waals surface area contributed by atoms with Crippen molar-refractivity contribution in [1.29, 1.82) is 0 Å². The number of esters is 1. The first-order valence-electron chi connectivity index (χ1n) is 10.0. The molecular weight excluding hydrogens is 384 g/mol. The van der Waals surface area contributed by atoms with E-state index in [1.807, 2.05) is 31.2 Å². The lowest BCUT2D eigenvalue weighted by atomic mass is 10.1. The molecule has 0 aliphatic carbocycles. The SMILES string of the molecule is CCc1ccccc1OCC(=O)N1CCN(C(=O)c2cccc(OC(C)=O)c2)CC1. The fraction of sp³-hybridized carbons (Fsp3) is 0.348. The molecule has 2 aromatic carbocycles. The van der Waals surface area contributed by atoms with E-state index in [0.717, 1.165) is 17.7 Å². The predicted octanol–water partition coefficient (Wildman–Crippen LogP) is 2.54. The largest absolute Gasteiger partial charge is 0.483 e. The van der Waals surface area contributed by atoms with Crippen LogP contribution in [0.25, 0.3) is 0 Å². The lowest BCUT2D eigenvalue weighted by molar-refractivity contribution is -0.135. The molecule has 0 atom stereocenters. The Balaban J connectivity index is 1.52. The van der Waals surface area contributed by atoms with Gasteiger partial charge in [-0.15, -0.1) is 0 Å². The van der Waals surface area contributed by atoms with Crippen molar-refractivity contribution in [3.63, 3.8) is 0 Å². The summed E-state index contributed by atoms with van der Waals surface area (Å²) in [6.07, 6.45) is 0.837. The van der Waals surface area contributed by atoms with Gasteiger partial charge in [0.1, 0.15) is 11.5 Å². The Kier molecular flexibility index (Phi) is 7.06. The Hall–Kier alpha value is -3.35. The molecule has 1 aliphatic heterocycles. The zero-order chi connectivity index (χ0) is 21.5. The van der Waals surface area contributed by atoms with E-state index in [1.54, 1.807) is 34.1 Å². The fourth-order valence-electron chi connectivity index (χ4n) is 3.37. The number of aryl methyl sites for hydroxylation is 1. The number of nitrogens with zero attached hydrogens (tertiary/aromatic N) is 2. The van der Waals surface area contributed by atoms with Crippen LogP contribution in [0.2, 0.25) is 0 Å². The van der Waals surface area contributed by atoms with Gasteiger partial charge in [0.05, 0.1) is 0 Å². The average Bonchev–Trinajstić information content (AvgIpc) is 2.77. The van der Waals surface area contributed by atoms with Gasteiger partial charge in [-0.2, -0.15) is 0 Å². The Morgan fingerprint density at radius 1 is 0.933 bits per heavy atom. The van der Waals surface area contributed by atoms with Gasteiger partial charge in [0.2, 0.25) is 0 Å². The Morgan fingerprint density at radius 2 is 1.63 bits per heavy atom. The molecule has 1 saturated heterocycles. The molecule has 158 valence electrons. The van der Waals surface area contributed by atoms with Gasteiger partial charge in [0, 0.05) is 38.7 Å². The zero-order valence-electron chi connectivity index (χ0n) is 17.3. The van der Waals surface area contributed by atoms with Gasteiger partial charge < -0.3 is 19.3 Å². The van der Waals surface area contributed by atoms with E-state index in [1.165, 1.54) is 6.92 Å². The number of hydrogen-bond acceptors (Lipinski definition) is 5. The monoisotopic (exact) mass is 410 g/mol. The minimum atomic E-state index is -0.435. The summed E-state index contributed by atoms with van der Waals surface area (Å²) in [5, 5.41) is 0. The number of ether oxygens (including phenoxy) is 2. The molecule has 1 heterocycles. The number of rotatable bonds is 6. The smallest absolute Gasteiger partial charge is 0.308 e. The van der Waals surface area contributed by atoms with Crippen molar-refractivity contribution in [2.75, 3.05) is 32.8 Å². The second-order valence-corrected chi connectivity index (χ2v) is 7.04. The first kappa shape index (κ1) is 21.4. The molecule has 0 aromatic heterocycles. The van der Waals surface area contributed by atoms with Crippen LogP contribution in [0.5, 0.6) is 11.5 Å². The summed E-state index contributed by atoms with van der Waals surface area (Å²) in [6, 6.07) is 14.2. The number of hydrogen-bond donors (Lipinski definition) is 0. The predicted molar refractivity (Wildman–Crippen MR) is 112 cm³/mol. The first-order valence-corrected chi connectivity index (χ1v) is 10.0. The van der Waals surface area contributed by atoms with Crippen molar-refractivity contribution >= 4 is 17.8 Å². The molecule has 0 spiro atoms. The van der Waals surface area contributed by atoms with Crippen LogP contribution >= 0.6 is 0 Å². The van der Waals surface area contributed by atoms with Crippen LogP contribution < -0.4 is 9.47 Å². The van der Waals surface area contributed by atoms with Gasteiger partial charge in [-0.3, -0.25) is 14.4 Å². The Labute approximate surface area is 176 Å². The van der Waals surface area contributed by atoms with Gasteiger partial charge in [0.25, 0.3) is 11.8 Å². The third kappa shape index (κ3) is 5.37. The average molecular weight is 410 g/mol. The van der Waals surface area contributed by atoms with E-state index >= 15 is 0 Å². The van der Waals surface area contributed by atoms with Crippen LogP contribution in [-0.2, 0) is 16.0 Å². The van der Waals surface area contributed by atoms with Gasteiger partial charge >= 0.3 is 5.97 Å². The first-order chi connectivity index (χ1) is 14.5. The van der Waals surface area contributed by atoms with E-state index in [9.17, 15) is 14.4 Å². The normalized spacial score (nSPS) is 13.7. The van der Waals surface area contributed by atoms with E-state index in [4.69, 9.17) is 9.47 Å². The maximum absolute atomic E-state index is 12.8. The maximum atomic E-state index is 12.8. The number of para-hydroxylation sites is 1. The quantitative estimate of drug-likeness (QED) is 0.540. The minimum Gasteiger partial charge on any atom is -0.483 e. The van der Waals surface area contributed by atoms with Crippen LogP contribution in [0.1, 0.15) is 29.8 Å². The second-order valence-electron chi connectivity index (χ2n) is 7.04. The summed E-state index contributed by atoms with van der Waals surface area (Å²) in [7, 11) is 0. The lowest BCUT2D eigenvalue weighted by Crippen LogP contribution is -2.51. The highest BCUT2D eigenvalue weighted by molar-refractivity contribution is 5.95. The summed E-state index contributed by atoms with van der Waals surface area (Å²) in [5.74, 6) is 0.395. The summed E-state index contributed by atoms with van der Waals surface area (Å²) < 4.78 is 10.8. The molecule has 3 rings (SSSR count). The highest BCUT2D eigenvalue weighted by atomic mass is 16.5. The number of amides is 2. The van der Waals surface area contributed by atoms with Crippen molar-refractivity contribution in [1.82, 2.24) is 9.80 Å². The number of benzene rings is 2. The molecule has 0 unspecified atom stereocenters. The van der Waals surface area contributed by atoms with Crippen LogP contribution in [0.4, 0.5) is 0 Å². The highest BCUT2D eigenvalue weighted by Gasteiger charge is 2.25. The fourth-order valence-corrected chi connectivity index (χ4v) is 3.37. The highest BCUT2D eigenvalue weighted by Crippen LogP contribution is 2.19.